The monoisotopic (exact) mass is 406 g/mol. The molecule has 1 aromatic carbocycles. The molecule has 2 atom stereocenters. The fourth-order valence-corrected chi connectivity index (χ4v) is 2.70. The van der Waals surface area contributed by atoms with Gasteiger partial charge in [0.2, 0.25) is 0 Å². The van der Waals surface area contributed by atoms with Crippen molar-refractivity contribution in [2.24, 2.45) is 0 Å². The van der Waals surface area contributed by atoms with Gasteiger partial charge in [-0.2, -0.15) is 5.26 Å². The molecule has 9 nitrogen and oxygen atoms in total. The van der Waals surface area contributed by atoms with Crippen molar-refractivity contribution < 1.29 is 23.9 Å². The number of benzene rings is 1. The maximum Gasteiger partial charge on any atom is 0.327 e. The molecule has 1 heterocycles. The number of hydrogen-bond acceptors (Lipinski definition) is 6. The largest absolute Gasteiger partial charge is 0.451 e. The normalized spacial score (nSPS) is 19.6. The minimum Gasteiger partial charge on any atom is -0.451 e. The predicted molar refractivity (Wildman–Crippen MR) is 99.3 cm³/mol. The van der Waals surface area contributed by atoms with E-state index >= 15 is 0 Å². The Bertz CT molecular complexity index is 881. The van der Waals surface area contributed by atoms with E-state index in [0.29, 0.717) is 12.1 Å². The van der Waals surface area contributed by atoms with Crippen molar-refractivity contribution in [2.75, 3.05) is 11.9 Å². The van der Waals surface area contributed by atoms with Crippen molar-refractivity contribution in [3.63, 3.8) is 0 Å². The Morgan fingerprint density at radius 1 is 1.43 bits per heavy atom. The lowest BCUT2D eigenvalue weighted by Gasteiger charge is -2.19. The molecule has 1 aliphatic rings. The van der Waals surface area contributed by atoms with Crippen molar-refractivity contribution in [1.82, 2.24) is 10.2 Å². The van der Waals surface area contributed by atoms with Crippen molar-refractivity contribution in [2.45, 2.75) is 38.8 Å². The first kappa shape index (κ1) is 21.2. The first-order valence-electron chi connectivity index (χ1n) is 8.45. The summed E-state index contributed by atoms with van der Waals surface area (Å²) in [6, 6.07) is 5.53. The van der Waals surface area contributed by atoms with E-state index in [1.807, 2.05) is 6.07 Å². The van der Waals surface area contributed by atoms with Gasteiger partial charge in [-0.15, -0.1) is 0 Å². The molecular formula is C18H19ClN4O5. The number of ether oxygens (including phenoxy) is 1. The van der Waals surface area contributed by atoms with Crippen LogP contribution >= 0.6 is 11.6 Å². The van der Waals surface area contributed by atoms with Crippen molar-refractivity contribution in [1.29, 1.82) is 5.26 Å². The Morgan fingerprint density at radius 3 is 2.64 bits per heavy atom. The summed E-state index contributed by atoms with van der Waals surface area (Å²) in [7, 11) is 0. The van der Waals surface area contributed by atoms with E-state index in [1.165, 1.54) is 25.1 Å². The van der Waals surface area contributed by atoms with Gasteiger partial charge in [0.1, 0.15) is 18.2 Å². The van der Waals surface area contributed by atoms with Crippen LogP contribution < -0.4 is 10.6 Å². The molecule has 1 saturated heterocycles. The molecule has 2 rings (SSSR count). The van der Waals surface area contributed by atoms with Crippen molar-refractivity contribution in [3.8, 4) is 6.07 Å². The number of carbonyl (C=O) groups excluding carboxylic acids is 4. The SMILES string of the molecule is CC[C@]1(C)NC(=O)N(CC(=O)O[C@@H](C)C(=O)Nc2ccc(C#N)c(Cl)c2)C1=O. The molecule has 0 bridgehead atoms. The first-order valence-corrected chi connectivity index (χ1v) is 8.83. The summed E-state index contributed by atoms with van der Waals surface area (Å²) in [5.41, 5.74) is -0.480. The highest BCUT2D eigenvalue weighted by Gasteiger charge is 2.47. The lowest BCUT2D eigenvalue weighted by Crippen LogP contribution is -2.44. The van der Waals surface area contributed by atoms with Crippen LogP contribution in [0, 0.1) is 11.3 Å². The molecule has 0 saturated carbocycles. The second-order valence-corrected chi connectivity index (χ2v) is 6.84. The number of urea groups is 1. The van der Waals surface area contributed by atoms with E-state index in [2.05, 4.69) is 10.6 Å². The molecule has 0 spiro atoms. The van der Waals surface area contributed by atoms with Crippen LogP contribution in [0.1, 0.15) is 32.8 Å². The van der Waals surface area contributed by atoms with Crippen LogP contribution in [0.5, 0.6) is 0 Å². The molecule has 28 heavy (non-hydrogen) atoms. The summed E-state index contributed by atoms with van der Waals surface area (Å²) in [6.45, 7) is 4.06. The third-order valence-electron chi connectivity index (χ3n) is 4.37. The molecule has 0 unspecified atom stereocenters. The minimum absolute atomic E-state index is 0.169. The fraction of sp³-hybridized carbons (Fsp3) is 0.389. The summed E-state index contributed by atoms with van der Waals surface area (Å²) in [5, 5.41) is 14.0. The number of hydrogen-bond donors (Lipinski definition) is 2. The number of rotatable bonds is 6. The van der Waals surface area contributed by atoms with Crippen LogP contribution in [0.15, 0.2) is 18.2 Å². The molecule has 0 aromatic heterocycles. The third-order valence-corrected chi connectivity index (χ3v) is 4.69. The molecule has 4 amide bonds. The highest BCUT2D eigenvalue weighted by atomic mass is 35.5. The van der Waals surface area contributed by atoms with Gasteiger partial charge >= 0.3 is 12.0 Å². The number of anilines is 1. The van der Waals surface area contributed by atoms with Crippen molar-refractivity contribution >= 4 is 41.1 Å². The number of nitrogens with zero attached hydrogens (tertiary/aromatic N) is 2. The summed E-state index contributed by atoms with van der Waals surface area (Å²) in [4.78, 5) is 49.2. The van der Waals surface area contributed by atoms with E-state index in [0.717, 1.165) is 4.90 Å². The summed E-state index contributed by atoms with van der Waals surface area (Å²) in [6.07, 6.45) is -0.810. The molecule has 0 radical (unpaired) electrons. The number of amides is 4. The molecule has 1 fully saturated rings. The van der Waals surface area contributed by atoms with Gasteiger partial charge in [0, 0.05) is 5.69 Å². The lowest BCUT2D eigenvalue weighted by atomic mass is 9.99. The first-order chi connectivity index (χ1) is 13.1. The maximum absolute atomic E-state index is 12.3. The Hall–Kier alpha value is -3.12. The third kappa shape index (κ3) is 4.40. The van der Waals surface area contributed by atoms with Crippen molar-refractivity contribution in [3.05, 3.63) is 28.8 Å². The zero-order valence-corrected chi connectivity index (χ0v) is 16.3. The average Bonchev–Trinajstić information content (AvgIpc) is 2.85. The minimum atomic E-state index is -1.18. The van der Waals surface area contributed by atoms with Crippen LogP contribution in [-0.2, 0) is 19.1 Å². The van der Waals surface area contributed by atoms with Crippen LogP contribution in [0.4, 0.5) is 10.5 Å². The number of esters is 1. The Labute approximate surface area is 166 Å². The van der Waals surface area contributed by atoms with E-state index < -0.39 is 42.0 Å². The smallest absolute Gasteiger partial charge is 0.327 e. The highest BCUT2D eigenvalue weighted by molar-refractivity contribution is 6.32. The lowest BCUT2D eigenvalue weighted by molar-refractivity contribution is -0.155. The summed E-state index contributed by atoms with van der Waals surface area (Å²) < 4.78 is 5.01. The van der Waals surface area contributed by atoms with Gasteiger partial charge in [0.05, 0.1) is 10.6 Å². The zero-order chi connectivity index (χ0) is 21.1. The molecule has 0 aliphatic carbocycles. The Kier molecular flexibility index (Phi) is 6.26. The Morgan fingerprint density at radius 2 is 2.11 bits per heavy atom. The van der Waals surface area contributed by atoms with E-state index in [1.54, 1.807) is 13.8 Å². The molecule has 1 aromatic rings. The number of imide groups is 1. The standard InChI is InChI=1S/C18H19ClN4O5/c1-4-18(3)16(26)23(17(27)22-18)9-14(24)28-10(2)15(25)21-12-6-5-11(8-20)13(19)7-12/h5-7,10H,4,9H2,1-3H3,(H,21,25)(H,22,27)/t10-,18-/m0/s1. The number of halogens is 1. The van der Waals surface area contributed by atoms with E-state index in [-0.39, 0.29) is 10.6 Å². The van der Waals surface area contributed by atoms with Gasteiger partial charge in [-0.3, -0.25) is 19.3 Å². The number of carbonyl (C=O) groups is 4. The highest BCUT2D eigenvalue weighted by Crippen LogP contribution is 2.21. The van der Waals surface area contributed by atoms with Gasteiger partial charge in [-0.1, -0.05) is 18.5 Å². The number of nitrogens with one attached hydrogen (secondary N) is 2. The molecule has 148 valence electrons. The van der Waals surface area contributed by atoms with Gasteiger partial charge in [-0.05, 0) is 38.5 Å². The van der Waals surface area contributed by atoms with Crippen LogP contribution in [-0.4, -0.2) is 46.9 Å². The molecule has 10 heteroatoms. The van der Waals surface area contributed by atoms with E-state index in [4.69, 9.17) is 21.6 Å². The van der Waals surface area contributed by atoms with Crippen LogP contribution in [0.2, 0.25) is 5.02 Å². The molecule has 2 N–H and O–H groups in total. The summed E-state index contributed by atoms with van der Waals surface area (Å²) in [5.74, 6) is -2.06. The zero-order valence-electron chi connectivity index (χ0n) is 15.5. The summed E-state index contributed by atoms with van der Waals surface area (Å²) >= 11 is 5.90. The molecule has 1 aliphatic heterocycles. The van der Waals surface area contributed by atoms with Gasteiger partial charge < -0.3 is 15.4 Å². The maximum atomic E-state index is 12.3. The van der Waals surface area contributed by atoms with Gasteiger partial charge in [0.15, 0.2) is 6.10 Å². The second kappa shape index (κ2) is 8.27. The molecular weight excluding hydrogens is 388 g/mol. The fourth-order valence-electron chi connectivity index (χ4n) is 2.47. The predicted octanol–water partition coefficient (Wildman–Crippen LogP) is 1.80. The second-order valence-electron chi connectivity index (χ2n) is 6.43. The topological polar surface area (TPSA) is 129 Å². The Balaban J connectivity index is 1.94. The average molecular weight is 407 g/mol. The van der Waals surface area contributed by atoms with Crippen LogP contribution in [0.25, 0.3) is 0 Å². The number of nitriles is 1. The van der Waals surface area contributed by atoms with Gasteiger partial charge in [-0.25, -0.2) is 4.79 Å². The van der Waals surface area contributed by atoms with Gasteiger partial charge in [0.25, 0.3) is 11.8 Å². The van der Waals surface area contributed by atoms with Crippen LogP contribution in [0.3, 0.4) is 0 Å². The quantitative estimate of drug-likeness (QED) is 0.547. The van der Waals surface area contributed by atoms with E-state index in [9.17, 15) is 19.2 Å².